The Bertz CT molecular complexity index is 1420. The summed E-state index contributed by atoms with van der Waals surface area (Å²) in [4.78, 5) is 16.0. The van der Waals surface area contributed by atoms with Crippen LogP contribution in [0.1, 0.15) is 35.7 Å². The van der Waals surface area contributed by atoms with E-state index in [0.29, 0.717) is 34.4 Å². The molecule has 0 bridgehead atoms. The van der Waals surface area contributed by atoms with Crippen LogP contribution in [0.4, 0.5) is 24.9 Å². The second-order valence-electron chi connectivity index (χ2n) is 8.69. The molecule has 9 nitrogen and oxygen atoms in total. The van der Waals surface area contributed by atoms with E-state index in [-0.39, 0.29) is 6.54 Å². The highest BCUT2D eigenvalue weighted by atomic mass is 19.4. The summed E-state index contributed by atoms with van der Waals surface area (Å²) in [5.74, 6) is 8.32. The number of fused-ring (bicyclic) bond motifs is 1. The van der Waals surface area contributed by atoms with Gasteiger partial charge in [0, 0.05) is 38.7 Å². The highest BCUT2D eigenvalue weighted by Crippen LogP contribution is 2.30. The summed E-state index contributed by atoms with van der Waals surface area (Å²) in [5.41, 5.74) is 1.14. The zero-order chi connectivity index (χ0) is 25.3. The van der Waals surface area contributed by atoms with Crippen LogP contribution < -0.4 is 10.2 Å². The molecule has 3 aromatic heterocycles. The van der Waals surface area contributed by atoms with Crippen LogP contribution in [0.3, 0.4) is 0 Å². The van der Waals surface area contributed by atoms with Crippen molar-refractivity contribution in [2.45, 2.75) is 24.9 Å². The minimum Gasteiger partial charge on any atom is -0.357 e. The first-order chi connectivity index (χ1) is 17.3. The predicted octanol–water partition coefficient (Wildman–Crippen LogP) is 3.36. The molecule has 0 aliphatic carbocycles. The van der Waals surface area contributed by atoms with Crippen LogP contribution in [-0.2, 0) is 20.3 Å². The topological polar surface area (TPSA) is 89.6 Å². The molecule has 1 fully saturated rings. The van der Waals surface area contributed by atoms with Gasteiger partial charge in [-0.3, -0.25) is 0 Å². The van der Waals surface area contributed by atoms with E-state index in [1.54, 1.807) is 12.7 Å². The summed E-state index contributed by atoms with van der Waals surface area (Å²) < 4.78 is 42.0. The quantitative estimate of drug-likeness (QED) is 0.434. The third kappa shape index (κ3) is 4.82. The molecule has 1 aromatic carbocycles. The highest BCUT2D eigenvalue weighted by molar-refractivity contribution is 5.84. The molecule has 4 heterocycles. The first-order valence-corrected chi connectivity index (χ1v) is 11.5. The number of benzene rings is 1. The van der Waals surface area contributed by atoms with Crippen molar-refractivity contribution in [3.63, 3.8) is 0 Å². The summed E-state index contributed by atoms with van der Waals surface area (Å²) >= 11 is 0. The molecule has 0 radical (unpaired) electrons. The van der Waals surface area contributed by atoms with Gasteiger partial charge >= 0.3 is 6.18 Å². The Hall–Kier alpha value is -4.14. The predicted molar refractivity (Wildman–Crippen MR) is 128 cm³/mol. The van der Waals surface area contributed by atoms with E-state index in [4.69, 9.17) is 9.97 Å². The minimum absolute atomic E-state index is 0.247. The van der Waals surface area contributed by atoms with E-state index >= 15 is 0 Å². The van der Waals surface area contributed by atoms with Gasteiger partial charge in [0.1, 0.15) is 12.2 Å². The molecule has 1 aliphatic rings. The number of hydrogen-bond acceptors (Lipinski definition) is 7. The number of nitrogens with one attached hydrogen (secondary N) is 1. The van der Waals surface area contributed by atoms with Crippen LogP contribution in [0.2, 0.25) is 0 Å². The first-order valence-electron chi connectivity index (χ1n) is 11.5. The lowest BCUT2D eigenvalue weighted by Gasteiger charge is -2.31. The maximum absolute atomic E-state index is 12.7. The summed E-state index contributed by atoms with van der Waals surface area (Å²) in [7, 11) is 3.83. The molecule has 1 N–H and O–H groups in total. The lowest BCUT2D eigenvalue weighted by Crippen LogP contribution is -2.35. The Balaban J connectivity index is 1.29. The highest BCUT2D eigenvalue weighted by Gasteiger charge is 2.30. The molecule has 1 aliphatic heterocycles. The van der Waals surface area contributed by atoms with Crippen molar-refractivity contribution in [1.29, 1.82) is 0 Å². The second-order valence-corrected chi connectivity index (χ2v) is 8.69. The summed E-state index contributed by atoms with van der Waals surface area (Å²) in [6.07, 6.45) is 0.875. The van der Waals surface area contributed by atoms with Crippen LogP contribution >= 0.6 is 0 Å². The van der Waals surface area contributed by atoms with Gasteiger partial charge in [0.05, 0.1) is 18.4 Å². The van der Waals surface area contributed by atoms with Crippen molar-refractivity contribution in [3.05, 3.63) is 53.9 Å². The van der Waals surface area contributed by atoms with Gasteiger partial charge in [-0.25, -0.2) is 4.98 Å². The Morgan fingerprint density at radius 2 is 1.78 bits per heavy atom. The normalized spacial score (nSPS) is 14.6. The molecule has 186 valence electrons. The Kier molecular flexibility index (Phi) is 6.22. The van der Waals surface area contributed by atoms with Crippen LogP contribution in [0.5, 0.6) is 0 Å². The third-order valence-corrected chi connectivity index (χ3v) is 6.23. The van der Waals surface area contributed by atoms with Gasteiger partial charge in [0.2, 0.25) is 5.95 Å². The van der Waals surface area contributed by atoms with Gasteiger partial charge in [-0.2, -0.15) is 23.1 Å². The summed E-state index contributed by atoms with van der Waals surface area (Å²) in [6.45, 7) is 1.82. The Morgan fingerprint density at radius 3 is 2.44 bits per heavy atom. The van der Waals surface area contributed by atoms with E-state index < -0.39 is 11.7 Å². The SMILES string of the molecule is Cn1cnnc1C1CCN(c2nc(NCC#Cc3ccc(C(F)(F)F)cc3)c3ncn(C)c3n2)CC1. The zero-order valence-electron chi connectivity index (χ0n) is 19.8. The summed E-state index contributed by atoms with van der Waals surface area (Å²) in [6, 6.07) is 4.78. The van der Waals surface area contributed by atoms with E-state index in [0.717, 1.165) is 43.9 Å². The monoisotopic (exact) mass is 495 g/mol. The van der Waals surface area contributed by atoms with Gasteiger partial charge < -0.3 is 19.4 Å². The number of halogens is 3. The maximum atomic E-state index is 12.7. The fourth-order valence-corrected chi connectivity index (χ4v) is 4.28. The Labute approximate surface area is 205 Å². The molecule has 0 spiro atoms. The lowest BCUT2D eigenvalue weighted by atomic mass is 9.96. The van der Waals surface area contributed by atoms with E-state index in [2.05, 4.69) is 37.2 Å². The van der Waals surface area contributed by atoms with E-state index in [1.807, 2.05) is 23.2 Å². The zero-order valence-corrected chi connectivity index (χ0v) is 19.8. The molecule has 1 saturated heterocycles. The molecule has 0 unspecified atom stereocenters. The molecule has 36 heavy (non-hydrogen) atoms. The number of alkyl halides is 3. The van der Waals surface area contributed by atoms with Crippen molar-refractivity contribution in [1.82, 2.24) is 34.3 Å². The molecule has 0 saturated carbocycles. The van der Waals surface area contributed by atoms with Gasteiger partial charge in [-0.15, -0.1) is 10.2 Å². The van der Waals surface area contributed by atoms with E-state index in [9.17, 15) is 13.2 Å². The molecule has 5 rings (SSSR count). The molecule has 4 aromatic rings. The number of nitrogens with zero attached hydrogens (tertiary/aromatic N) is 8. The third-order valence-electron chi connectivity index (χ3n) is 6.23. The van der Waals surface area contributed by atoms with Crippen LogP contribution in [0, 0.1) is 11.8 Å². The number of hydrogen-bond donors (Lipinski definition) is 1. The number of aromatic nitrogens is 7. The van der Waals surface area contributed by atoms with Crippen molar-refractivity contribution in [2.24, 2.45) is 14.1 Å². The number of aryl methyl sites for hydroxylation is 2. The van der Waals surface area contributed by atoms with Crippen LogP contribution in [0.25, 0.3) is 11.2 Å². The minimum atomic E-state index is -4.36. The molecular formula is C24H24F3N9. The lowest BCUT2D eigenvalue weighted by molar-refractivity contribution is -0.137. The summed E-state index contributed by atoms with van der Waals surface area (Å²) in [5, 5.41) is 11.4. The average molecular weight is 496 g/mol. The number of anilines is 2. The fraction of sp³-hybridized carbons (Fsp3) is 0.375. The van der Waals surface area contributed by atoms with Crippen molar-refractivity contribution in [2.75, 3.05) is 29.9 Å². The van der Waals surface area contributed by atoms with Crippen molar-refractivity contribution < 1.29 is 13.2 Å². The van der Waals surface area contributed by atoms with Gasteiger partial charge in [-0.05, 0) is 37.1 Å². The smallest absolute Gasteiger partial charge is 0.357 e. The van der Waals surface area contributed by atoms with Gasteiger partial charge in [0.25, 0.3) is 0 Å². The Morgan fingerprint density at radius 1 is 1.03 bits per heavy atom. The van der Waals surface area contributed by atoms with Crippen LogP contribution in [0.15, 0.2) is 36.9 Å². The molecular weight excluding hydrogens is 471 g/mol. The number of piperidine rings is 1. The van der Waals surface area contributed by atoms with Gasteiger partial charge in [-0.1, -0.05) is 11.8 Å². The van der Waals surface area contributed by atoms with Crippen molar-refractivity contribution in [3.8, 4) is 11.8 Å². The molecule has 0 atom stereocenters. The maximum Gasteiger partial charge on any atom is 0.416 e. The molecule has 0 amide bonds. The largest absolute Gasteiger partial charge is 0.416 e. The average Bonchev–Trinajstić information content (AvgIpc) is 3.47. The standard InChI is InChI=1S/C24H24F3N9/c1-34-14-29-19-20(28-11-3-4-16-5-7-18(8-6-16)24(25,26)27)31-23(32-22(19)34)36-12-9-17(10-13-36)21-33-30-15-35(21)2/h5-8,14-15,17H,9-13H2,1-2H3,(H,28,31,32). The van der Waals surface area contributed by atoms with E-state index in [1.165, 1.54) is 12.1 Å². The number of rotatable bonds is 4. The fourth-order valence-electron chi connectivity index (χ4n) is 4.28. The second kappa shape index (κ2) is 9.49. The van der Waals surface area contributed by atoms with Crippen molar-refractivity contribution >= 4 is 22.9 Å². The van der Waals surface area contributed by atoms with Crippen LogP contribution in [-0.4, -0.2) is 53.9 Å². The molecule has 12 heteroatoms. The van der Waals surface area contributed by atoms with Gasteiger partial charge in [0.15, 0.2) is 17.0 Å². The number of imidazole rings is 1. The first kappa shape index (κ1) is 23.6.